The maximum atomic E-state index is 13.1. The Labute approximate surface area is 129 Å². The van der Waals surface area contributed by atoms with Crippen LogP contribution in [0.1, 0.15) is 32.1 Å². The van der Waals surface area contributed by atoms with Gasteiger partial charge in [-0.3, -0.25) is 9.59 Å². The zero-order valence-electron chi connectivity index (χ0n) is 12.2. The number of para-hydroxylation sites is 1. The minimum absolute atomic E-state index is 0.00520. The molecule has 3 rings (SSSR count). The van der Waals surface area contributed by atoms with Gasteiger partial charge in [-0.15, -0.1) is 11.8 Å². The third kappa shape index (κ3) is 2.55. The van der Waals surface area contributed by atoms with E-state index in [1.54, 1.807) is 11.8 Å². The molecule has 2 amide bonds. The van der Waals surface area contributed by atoms with Crippen LogP contribution in [0.2, 0.25) is 0 Å². The fourth-order valence-corrected chi connectivity index (χ4v) is 3.96. The Morgan fingerprint density at radius 2 is 1.90 bits per heavy atom. The summed E-state index contributed by atoms with van der Waals surface area (Å²) in [5, 5.41) is 3.00. The fourth-order valence-electron chi connectivity index (χ4n) is 3.36. The van der Waals surface area contributed by atoms with E-state index in [1.807, 2.05) is 35.4 Å². The summed E-state index contributed by atoms with van der Waals surface area (Å²) in [5.74, 6) is 0.0572. The molecular formula is C16H20N2O2S. The van der Waals surface area contributed by atoms with Crippen LogP contribution in [-0.2, 0) is 9.59 Å². The largest absolute Gasteiger partial charge is 0.342 e. The predicted molar refractivity (Wildman–Crippen MR) is 84.5 cm³/mol. The van der Waals surface area contributed by atoms with Gasteiger partial charge in [0.15, 0.2) is 0 Å². The summed E-state index contributed by atoms with van der Waals surface area (Å²) in [5.41, 5.74) is 0.261. The molecule has 0 unspecified atom stereocenters. The number of nitrogens with zero attached hydrogens (tertiary/aromatic N) is 1. The quantitative estimate of drug-likeness (QED) is 0.854. The molecule has 112 valence electrons. The molecule has 4 nitrogen and oxygen atoms in total. The summed E-state index contributed by atoms with van der Waals surface area (Å²) in [6.07, 6.45) is 5.91. The molecule has 1 aromatic carbocycles. The van der Waals surface area contributed by atoms with E-state index in [0.29, 0.717) is 13.0 Å². The lowest BCUT2D eigenvalue weighted by atomic mass is 9.95. The van der Waals surface area contributed by atoms with Gasteiger partial charge in [0.2, 0.25) is 5.91 Å². The molecule has 1 saturated heterocycles. The fraction of sp³-hybridized carbons (Fsp3) is 0.500. The monoisotopic (exact) mass is 304 g/mol. The summed E-state index contributed by atoms with van der Waals surface area (Å²) < 4.78 is 0. The summed E-state index contributed by atoms with van der Waals surface area (Å²) in [6, 6.07) is 7.92. The zero-order chi connectivity index (χ0) is 14.9. The lowest BCUT2D eigenvalue weighted by Gasteiger charge is -2.32. The minimum atomic E-state index is -0.668. The Bertz CT molecular complexity index is 567. The van der Waals surface area contributed by atoms with Crippen molar-refractivity contribution in [2.75, 3.05) is 17.7 Å². The molecule has 1 aliphatic heterocycles. The van der Waals surface area contributed by atoms with Gasteiger partial charge in [-0.1, -0.05) is 25.0 Å². The first-order valence-corrected chi connectivity index (χ1v) is 8.65. The molecular weight excluding hydrogens is 284 g/mol. The maximum Gasteiger partial charge on any atom is 0.252 e. The number of anilines is 1. The van der Waals surface area contributed by atoms with Crippen molar-refractivity contribution in [2.45, 2.75) is 42.5 Å². The molecule has 2 fully saturated rings. The standard InChI is InChI=1S/C16H20N2O2S/c1-21-13-7-3-2-6-12(13)18-11-8-14(19)17-16(15(18)20)9-4-5-10-16/h2-3,6-7H,4-5,8-11H2,1H3,(H,17,19). The molecule has 1 aliphatic carbocycles. The molecule has 1 heterocycles. The van der Waals surface area contributed by atoms with Crippen LogP contribution in [0.15, 0.2) is 29.2 Å². The lowest BCUT2D eigenvalue weighted by molar-refractivity contribution is -0.129. The normalized spacial score (nSPS) is 21.5. The van der Waals surface area contributed by atoms with Crippen molar-refractivity contribution in [1.82, 2.24) is 5.32 Å². The number of thioether (sulfide) groups is 1. The number of carbonyl (C=O) groups is 2. The van der Waals surface area contributed by atoms with Crippen molar-refractivity contribution in [2.24, 2.45) is 0 Å². The highest BCUT2D eigenvalue weighted by molar-refractivity contribution is 7.98. The van der Waals surface area contributed by atoms with Gasteiger partial charge in [0.1, 0.15) is 5.54 Å². The zero-order valence-corrected chi connectivity index (χ0v) is 13.0. The van der Waals surface area contributed by atoms with Gasteiger partial charge in [-0.2, -0.15) is 0 Å². The molecule has 1 N–H and O–H groups in total. The highest BCUT2D eigenvalue weighted by atomic mass is 32.2. The van der Waals surface area contributed by atoms with E-state index in [9.17, 15) is 9.59 Å². The Hall–Kier alpha value is -1.49. The second kappa shape index (κ2) is 5.72. The van der Waals surface area contributed by atoms with Crippen LogP contribution < -0.4 is 10.2 Å². The molecule has 0 radical (unpaired) electrons. The van der Waals surface area contributed by atoms with Crippen molar-refractivity contribution in [3.05, 3.63) is 24.3 Å². The van der Waals surface area contributed by atoms with Crippen molar-refractivity contribution in [1.29, 1.82) is 0 Å². The highest BCUT2D eigenvalue weighted by Crippen LogP contribution is 2.37. The molecule has 0 aromatic heterocycles. The van der Waals surface area contributed by atoms with Crippen molar-refractivity contribution < 1.29 is 9.59 Å². The van der Waals surface area contributed by atoms with Gasteiger partial charge in [-0.25, -0.2) is 0 Å². The first-order valence-electron chi connectivity index (χ1n) is 7.42. The summed E-state index contributed by atoms with van der Waals surface area (Å²) in [7, 11) is 0. The number of hydrogen-bond donors (Lipinski definition) is 1. The number of carbonyl (C=O) groups excluding carboxylic acids is 2. The van der Waals surface area contributed by atoms with E-state index in [4.69, 9.17) is 0 Å². The van der Waals surface area contributed by atoms with E-state index in [0.717, 1.165) is 36.3 Å². The average molecular weight is 304 g/mol. The van der Waals surface area contributed by atoms with E-state index < -0.39 is 5.54 Å². The Morgan fingerprint density at radius 1 is 1.19 bits per heavy atom. The first kappa shape index (κ1) is 14.4. The number of amides is 2. The smallest absolute Gasteiger partial charge is 0.252 e. The molecule has 0 bridgehead atoms. The van der Waals surface area contributed by atoms with Gasteiger partial charge in [0, 0.05) is 17.9 Å². The molecule has 21 heavy (non-hydrogen) atoms. The van der Waals surface area contributed by atoms with Crippen molar-refractivity contribution >= 4 is 29.3 Å². The van der Waals surface area contributed by atoms with E-state index in [2.05, 4.69) is 5.32 Å². The third-order valence-corrected chi connectivity index (χ3v) is 5.21. The molecule has 5 heteroatoms. The predicted octanol–water partition coefficient (Wildman–Crippen LogP) is 2.57. The molecule has 1 aromatic rings. The number of rotatable bonds is 2. The Balaban J connectivity index is 2.01. The lowest BCUT2D eigenvalue weighted by Crippen LogP contribution is -2.55. The molecule has 1 saturated carbocycles. The Morgan fingerprint density at radius 3 is 2.62 bits per heavy atom. The van der Waals surface area contributed by atoms with Gasteiger partial charge in [0.25, 0.3) is 5.91 Å². The number of benzene rings is 1. The second-order valence-electron chi connectivity index (χ2n) is 5.72. The first-order chi connectivity index (χ1) is 10.2. The van der Waals surface area contributed by atoms with Gasteiger partial charge in [-0.05, 0) is 31.2 Å². The van der Waals surface area contributed by atoms with Gasteiger partial charge >= 0.3 is 0 Å². The van der Waals surface area contributed by atoms with E-state index in [1.165, 1.54) is 0 Å². The average Bonchev–Trinajstić information content (AvgIpc) is 2.92. The van der Waals surface area contributed by atoms with Crippen LogP contribution in [0.3, 0.4) is 0 Å². The van der Waals surface area contributed by atoms with E-state index >= 15 is 0 Å². The van der Waals surface area contributed by atoms with Crippen LogP contribution in [0.5, 0.6) is 0 Å². The summed E-state index contributed by atoms with van der Waals surface area (Å²) in [6.45, 7) is 0.462. The molecule has 1 spiro atoms. The van der Waals surface area contributed by atoms with Crippen LogP contribution in [0.4, 0.5) is 5.69 Å². The maximum absolute atomic E-state index is 13.1. The van der Waals surface area contributed by atoms with Crippen LogP contribution >= 0.6 is 11.8 Å². The number of hydrogen-bond acceptors (Lipinski definition) is 3. The van der Waals surface area contributed by atoms with Crippen LogP contribution in [0, 0.1) is 0 Å². The summed E-state index contributed by atoms with van der Waals surface area (Å²) in [4.78, 5) is 28.0. The van der Waals surface area contributed by atoms with E-state index in [-0.39, 0.29) is 11.8 Å². The van der Waals surface area contributed by atoms with Crippen molar-refractivity contribution in [3.63, 3.8) is 0 Å². The Kier molecular flexibility index (Phi) is 3.93. The van der Waals surface area contributed by atoms with Crippen LogP contribution in [0.25, 0.3) is 0 Å². The second-order valence-corrected chi connectivity index (χ2v) is 6.56. The number of nitrogens with one attached hydrogen (secondary N) is 1. The van der Waals surface area contributed by atoms with Crippen LogP contribution in [-0.4, -0.2) is 30.2 Å². The summed E-state index contributed by atoms with van der Waals surface area (Å²) >= 11 is 1.63. The molecule has 2 aliphatic rings. The topological polar surface area (TPSA) is 49.4 Å². The molecule has 0 atom stereocenters. The van der Waals surface area contributed by atoms with Crippen molar-refractivity contribution in [3.8, 4) is 0 Å². The van der Waals surface area contributed by atoms with Gasteiger partial charge in [0.05, 0.1) is 5.69 Å². The SMILES string of the molecule is CSc1ccccc1N1CCC(=O)NC2(CCCC2)C1=O. The highest BCUT2D eigenvalue weighted by Gasteiger charge is 2.46. The third-order valence-electron chi connectivity index (χ3n) is 4.43. The minimum Gasteiger partial charge on any atom is -0.342 e. The van der Waals surface area contributed by atoms with Gasteiger partial charge < -0.3 is 10.2 Å².